The molecule has 100 valence electrons. The molecule has 1 aliphatic rings. The van der Waals surface area contributed by atoms with Crippen molar-refractivity contribution in [2.45, 2.75) is 6.42 Å². The fourth-order valence-corrected chi connectivity index (χ4v) is 1.83. The zero-order valence-corrected chi connectivity index (χ0v) is 10.4. The summed E-state index contributed by atoms with van der Waals surface area (Å²) < 4.78 is 18.6. The van der Waals surface area contributed by atoms with Crippen LogP contribution in [0.2, 0.25) is 0 Å². The number of benzene rings is 1. The van der Waals surface area contributed by atoms with E-state index in [0.717, 1.165) is 0 Å². The van der Waals surface area contributed by atoms with Gasteiger partial charge in [0.25, 0.3) is 0 Å². The van der Waals surface area contributed by atoms with Crippen LogP contribution < -0.4 is 11.1 Å². The average Bonchev–Trinajstić information content (AvgIpc) is 2.93. The number of carbonyl (C=O) groups is 1. The van der Waals surface area contributed by atoms with Gasteiger partial charge in [-0.2, -0.15) is 0 Å². The highest BCUT2D eigenvalue weighted by molar-refractivity contribution is 5.92. The predicted octanol–water partition coefficient (Wildman–Crippen LogP) is 1.11. The molecule has 0 radical (unpaired) electrons. The summed E-state index contributed by atoms with van der Waals surface area (Å²) in [4.78, 5) is 11.9. The lowest BCUT2D eigenvalue weighted by atomic mass is 10.1. The van der Waals surface area contributed by atoms with E-state index in [4.69, 9.17) is 10.5 Å². The summed E-state index contributed by atoms with van der Waals surface area (Å²) in [5.74, 6) is 4.54. The Morgan fingerprint density at radius 3 is 3.11 bits per heavy atom. The fourth-order valence-electron chi connectivity index (χ4n) is 1.83. The molecule has 1 atom stereocenters. The molecule has 2 rings (SSSR count). The number of amides is 1. The van der Waals surface area contributed by atoms with E-state index >= 15 is 0 Å². The van der Waals surface area contributed by atoms with Gasteiger partial charge >= 0.3 is 0 Å². The number of nitrogens with one attached hydrogen (secondary N) is 1. The van der Waals surface area contributed by atoms with Gasteiger partial charge in [0.15, 0.2) is 0 Å². The number of hydrogen-bond donors (Lipinski definition) is 2. The number of hydrogen-bond acceptors (Lipinski definition) is 3. The van der Waals surface area contributed by atoms with Crippen LogP contribution in [0.1, 0.15) is 12.0 Å². The van der Waals surface area contributed by atoms with Crippen molar-refractivity contribution >= 4 is 11.6 Å². The molecule has 19 heavy (non-hydrogen) atoms. The van der Waals surface area contributed by atoms with Crippen LogP contribution in [-0.2, 0) is 9.53 Å². The SMILES string of the molecule is NCC#Cc1cc(NC(=O)C2CCOC2)ccc1F. The molecule has 1 aliphatic heterocycles. The minimum absolute atomic E-state index is 0.109. The Kier molecular flexibility index (Phi) is 4.50. The molecule has 0 aliphatic carbocycles. The third kappa shape index (κ3) is 3.53. The van der Waals surface area contributed by atoms with Gasteiger partial charge in [-0.15, -0.1) is 0 Å². The van der Waals surface area contributed by atoms with Gasteiger partial charge in [-0.05, 0) is 24.6 Å². The van der Waals surface area contributed by atoms with E-state index in [1.165, 1.54) is 18.2 Å². The molecule has 1 aromatic carbocycles. The molecule has 0 saturated carbocycles. The zero-order chi connectivity index (χ0) is 13.7. The largest absolute Gasteiger partial charge is 0.381 e. The normalized spacial score (nSPS) is 17.7. The number of ether oxygens (including phenoxy) is 1. The lowest BCUT2D eigenvalue weighted by Gasteiger charge is -2.09. The zero-order valence-electron chi connectivity index (χ0n) is 10.4. The van der Waals surface area contributed by atoms with Crippen molar-refractivity contribution in [2.75, 3.05) is 25.1 Å². The Labute approximate surface area is 111 Å². The molecule has 1 heterocycles. The van der Waals surface area contributed by atoms with Crippen LogP contribution >= 0.6 is 0 Å². The Morgan fingerprint density at radius 2 is 2.42 bits per heavy atom. The third-order valence-corrected chi connectivity index (χ3v) is 2.86. The van der Waals surface area contributed by atoms with Crippen LogP contribution in [0.4, 0.5) is 10.1 Å². The Bertz CT molecular complexity index is 528. The van der Waals surface area contributed by atoms with Crippen LogP contribution in [0.15, 0.2) is 18.2 Å². The van der Waals surface area contributed by atoms with Crippen LogP contribution in [0, 0.1) is 23.6 Å². The second kappa shape index (κ2) is 6.32. The minimum Gasteiger partial charge on any atom is -0.381 e. The standard InChI is InChI=1S/C14H15FN2O2/c15-13-4-3-12(8-10(13)2-1-6-16)17-14(18)11-5-7-19-9-11/h3-4,8,11H,5-7,9,16H2,(H,17,18). The van der Waals surface area contributed by atoms with Crippen molar-refractivity contribution < 1.29 is 13.9 Å². The van der Waals surface area contributed by atoms with E-state index in [1.54, 1.807) is 0 Å². The Hall–Kier alpha value is -1.90. The van der Waals surface area contributed by atoms with Crippen LogP contribution in [0.5, 0.6) is 0 Å². The average molecular weight is 262 g/mol. The van der Waals surface area contributed by atoms with Crippen LogP contribution in [0.25, 0.3) is 0 Å². The first-order valence-electron chi connectivity index (χ1n) is 6.08. The molecule has 1 unspecified atom stereocenters. The van der Waals surface area contributed by atoms with Crippen LogP contribution in [-0.4, -0.2) is 25.7 Å². The second-order valence-electron chi connectivity index (χ2n) is 4.25. The van der Waals surface area contributed by atoms with Crippen molar-refractivity contribution in [1.82, 2.24) is 0 Å². The first kappa shape index (κ1) is 13.5. The lowest BCUT2D eigenvalue weighted by Crippen LogP contribution is -2.22. The summed E-state index contributed by atoms with van der Waals surface area (Å²) in [6.45, 7) is 1.21. The molecule has 3 N–H and O–H groups in total. The van der Waals surface area contributed by atoms with Crippen molar-refractivity contribution in [1.29, 1.82) is 0 Å². The number of halogens is 1. The van der Waals surface area contributed by atoms with E-state index in [1.807, 2.05) is 0 Å². The molecule has 1 amide bonds. The highest BCUT2D eigenvalue weighted by atomic mass is 19.1. The molecule has 5 heteroatoms. The molecule has 1 saturated heterocycles. The predicted molar refractivity (Wildman–Crippen MR) is 69.9 cm³/mol. The van der Waals surface area contributed by atoms with Crippen molar-refractivity contribution in [3.63, 3.8) is 0 Å². The summed E-state index contributed by atoms with van der Waals surface area (Å²) >= 11 is 0. The maximum atomic E-state index is 13.5. The highest BCUT2D eigenvalue weighted by Crippen LogP contribution is 2.18. The van der Waals surface area contributed by atoms with Crippen LogP contribution in [0.3, 0.4) is 0 Å². The van der Waals surface area contributed by atoms with Gasteiger partial charge in [0.2, 0.25) is 5.91 Å². The lowest BCUT2D eigenvalue weighted by molar-refractivity contribution is -0.119. The van der Waals surface area contributed by atoms with Crippen molar-refractivity contribution in [2.24, 2.45) is 11.7 Å². The monoisotopic (exact) mass is 262 g/mol. The number of rotatable bonds is 2. The Morgan fingerprint density at radius 1 is 1.58 bits per heavy atom. The summed E-state index contributed by atoms with van der Waals surface area (Å²) in [6.07, 6.45) is 0.715. The van der Waals surface area contributed by atoms with Gasteiger partial charge in [0, 0.05) is 12.3 Å². The summed E-state index contributed by atoms with van der Waals surface area (Å²) in [5, 5.41) is 2.74. The molecular formula is C14H15FN2O2. The molecular weight excluding hydrogens is 247 g/mol. The van der Waals surface area contributed by atoms with Gasteiger partial charge in [0.1, 0.15) is 5.82 Å². The van der Waals surface area contributed by atoms with Gasteiger partial charge in [0.05, 0.1) is 24.6 Å². The molecule has 4 nitrogen and oxygen atoms in total. The summed E-state index contributed by atoms with van der Waals surface area (Å²) in [7, 11) is 0. The number of anilines is 1. The quantitative estimate of drug-likeness (QED) is 0.785. The van der Waals surface area contributed by atoms with Gasteiger partial charge < -0.3 is 15.8 Å². The summed E-state index contributed by atoms with van der Waals surface area (Å²) in [5.41, 5.74) is 6.00. The van der Waals surface area contributed by atoms with E-state index in [9.17, 15) is 9.18 Å². The molecule has 1 fully saturated rings. The first-order chi connectivity index (χ1) is 9.20. The van der Waals surface area contributed by atoms with Gasteiger partial charge in [-0.25, -0.2) is 4.39 Å². The topological polar surface area (TPSA) is 64.3 Å². The fraction of sp³-hybridized carbons (Fsp3) is 0.357. The molecule has 0 bridgehead atoms. The summed E-state index contributed by atoms with van der Waals surface area (Å²) in [6, 6.07) is 4.30. The first-order valence-corrected chi connectivity index (χ1v) is 6.08. The Balaban J connectivity index is 2.10. The van der Waals surface area contributed by atoms with E-state index in [-0.39, 0.29) is 23.9 Å². The molecule has 0 aromatic heterocycles. The van der Waals surface area contributed by atoms with E-state index in [2.05, 4.69) is 17.2 Å². The maximum absolute atomic E-state index is 13.5. The molecule has 1 aromatic rings. The highest BCUT2D eigenvalue weighted by Gasteiger charge is 2.23. The second-order valence-corrected chi connectivity index (χ2v) is 4.25. The number of carbonyl (C=O) groups excluding carboxylic acids is 1. The van der Waals surface area contributed by atoms with Crippen molar-refractivity contribution in [3.05, 3.63) is 29.6 Å². The molecule has 0 spiro atoms. The van der Waals surface area contributed by atoms with Gasteiger partial charge in [-0.3, -0.25) is 4.79 Å². The third-order valence-electron chi connectivity index (χ3n) is 2.86. The van der Waals surface area contributed by atoms with E-state index in [0.29, 0.717) is 25.3 Å². The van der Waals surface area contributed by atoms with E-state index < -0.39 is 5.82 Å². The van der Waals surface area contributed by atoms with Crippen molar-refractivity contribution in [3.8, 4) is 11.8 Å². The maximum Gasteiger partial charge on any atom is 0.229 e. The van der Waals surface area contributed by atoms with Gasteiger partial charge in [-0.1, -0.05) is 11.8 Å². The smallest absolute Gasteiger partial charge is 0.229 e. The minimum atomic E-state index is -0.428. The number of nitrogens with two attached hydrogens (primary N) is 1.